The quantitative estimate of drug-likeness (QED) is 0.588. The van der Waals surface area contributed by atoms with Gasteiger partial charge in [0.15, 0.2) is 6.61 Å². The van der Waals surface area contributed by atoms with Crippen molar-refractivity contribution in [3.63, 3.8) is 0 Å². The van der Waals surface area contributed by atoms with Crippen molar-refractivity contribution < 1.29 is 14.3 Å². The zero-order valence-electron chi connectivity index (χ0n) is 12.5. The third kappa shape index (κ3) is 6.06. The predicted molar refractivity (Wildman–Crippen MR) is 96.4 cm³/mol. The summed E-state index contributed by atoms with van der Waals surface area (Å²) in [6.45, 7) is -0.263. The first-order chi connectivity index (χ1) is 11.5. The maximum Gasteiger partial charge on any atom is 0.276 e. The third-order valence-electron chi connectivity index (χ3n) is 2.82. The summed E-state index contributed by atoms with van der Waals surface area (Å²) in [4.78, 5) is 23.3. The molecule has 2 aromatic carbocycles. The number of halogens is 2. The SMILES string of the molecule is O=C(/C=C/c1ccc(Br)cc1)NNC(=O)COc1ccccc1Cl. The zero-order valence-corrected chi connectivity index (χ0v) is 14.8. The number of nitrogens with one attached hydrogen (secondary N) is 2. The highest BCUT2D eigenvalue weighted by Gasteiger charge is 2.05. The minimum Gasteiger partial charge on any atom is -0.482 e. The van der Waals surface area contributed by atoms with Crippen LogP contribution in [0.25, 0.3) is 6.08 Å². The van der Waals surface area contributed by atoms with E-state index in [4.69, 9.17) is 16.3 Å². The van der Waals surface area contributed by atoms with Gasteiger partial charge in [-0.1, -0.05) is 51.8 Å². The molecule has 0 saturated carbocycles. The van der Waals surface area contributed by atoms with E-state index in [0.29, 0.717) is 10.8 Å². The Morgan fingerprint density at radius 3 is 2.50 bits per heavy atom. The Kier molecular flexibility index (Phi) is 6.84. The lowest BCUT2D eigenvalue weighted by Crippen LogP contribution is -2.43. The van der Waals surface area contributed by atoms with E-state index >= 15 is 0 Å². The number of amides is 2. The number of carbonyl (C=O) groups excluding carboxylic acids is 2. The first-order valence-corrected chi connectivity index (χ1v) is 8.11. The molecule has 0 saturated heterocycles. The molecule has 0 aliphatic carbocycles. The average Bonchev–Trinajstić information content (AvgIpc) is 2.58. The number of carbonyl (C=O) groups is 2. The van der Waals surface area contributed by atoms with Crippen LogP contribution in [0.3, 0.4) is 0 Å². The molecular formula is C17H14BrClN2O3. The summed E-state index contributed by atoms with van der Waals surface area (Å²) in [5.74, 6) is -0.555. The van der Waals surface area contributed by atoms with E-state index in [2.05, 4.69) is 26.8 Å². The minimum atomic E-state index is -0.500. The number of hydrogen-bond acceptors (Lipinski definition) is 3. The summed E-state index contributed by atoms with van der Waals surface area (Å²) in [6, 6.07) is 14.2. The van der Waals surface area contributed by atoms with Crippen molar-refractivity contribution in [1.82, 2.24) is 10.9 Å². The summed E-state index contributed by atoms with van der Waals surface area (Å²) in [5, 5.41) is 0.409. The molecule has 0 fully saturated rings. The lowest BCUT2D eigenvalue weighted by atomic mass is 10.2. The van der Waals surface area contributed by atoms with E-state index < -0.39 is 11.8 Å². The summed E-state index contributed by atoms with van der Waals surface area (Å²) in [7, 11) is 0. The highest BCUT2D eigenvalue weighted by molar-refractivity contribution is 9.10. The van der Waals surface area contributed by atoms with Crippen LogP contribution in [0.2, 0.25) is 5.02 Å². The van der Waals surface area contributed by atoms with Crippen LogP contribution in [0.4, 0.5) is 0 Å². The first-order valence-electron chi connectivity index (χ1n) is 6.94. The van der Waals surface area contributed by atoms with Crippen LogP contribution in [0.15, 0.2) is 59.1 Å². The predicted octanol–water partition coefficient (Wildman–Crippen LogP) is 3.34. The molecule has 2 rings (SSSR count). The standard InChI is InChI=1S/C17H14BrClN2O3/c18-13-8-5-12(6-9-13)7-10-16(22)20-21-17(23)11-24-15-4-2-1-3-14(15)19/h1-10H,11H2,(H,20,22)(H,21,23)/b10-7+. The van der Waals surface area contributed by atoms with Gasteiger partial charge >= 0.3 is 0 Å². The molecule has 0 heterocycles. The Morgan fingerprint density at radius 1 is 1.08 bits per heavy atom. The molecule has 5 nitrogen and oxygen atoms in total. The van der Waals surface area contributed by atoms with Gasteiger partial charge in [0, 0.05) is 10.5 Å². The number of hydrazine groups is 1. The Balaban J connectivity index is 1.74. The van der Waals surface area contributed by atoms with Gasteiger partial charge in [0.2, 0.25) is 0 Å². The molecule has 0 aliphatic heterocycles. The molecule has 2 N–H and O–H groups in total. The first kappa shape index (κ1) is 18.0. The van der Waals surface area contributed by atoms with Crippen molar-refractivity contribution in [3.05, 3.63) is 69.7 Å². The fraction of sp³-hybridized carbons (Fsp3) is 0.0588. The Hall–Kier alpha value is -2.31. The summed E-state index contributed by atoms with van der Waals surface area (Å²) >= 11 is 9.24. The third-order valence-corrected chi connectivity index (χ3v) is 3.66. The van der Waals surface area contributed by atoms with Crippen LogP contribution >= 0.6 is 27.5 Å². The molecule has 124 valence electrons. The summed E-state index contributed by atoms with van der Waals surface area (Å²) < 4.78 is 6.21. The highest BCUT2D eigenvalue weighted by Crippen LogP contribution is 2.22. The van der Waals surface area contributed by atoms with E-state index in [1.165, 1.54) is 6.08 Å². The maximum absolute atomic E-state index is 11.6. The zero-order chi connectivity index (χ0) is 17.4. The van der Waals surface area contributed by atoms with Gasteiger partial charge in [0.1, 0.15) is 5.75 Å². The molecule has 0 spiro atoms. The molecule has 0 atom stereocenters. The van der Waals surface area contributed by atoms with Gasteiger partial charge in [-0.25, -0.2) is 0 Å². The van der Waals surface area contributed by atoms with Crippen LogP contribution in [0, 0.1) is 0 Å². The molecule has 0 aliphatic rings. The van der Waals surface area contributed by atoms with Crippen LogP contribution < -0.4 is 15.6 Å². The summed E-state index contributed by atoms with van der Waals surface area (Å²) in [6.07, 6.45) is 2.95. The minimum absolute atomic E-state index is 0.263. The van der Waals surface area contributed by atoms with Gasteiger partial charge in [-0.15, -0.1) is 0 Å². The monoisotopic (exact) mass is 408 g/mol. The van der Waals surface area contributed by atoms with E-state index in [-0.39, 0.29) is 6.61 Å². The number of ether oxygens (including phenoxy) is 1. The molecule has 2 aromatic rings. The molecule has 0 unspecified atom stereocenters. The molecule has 24 heavy (non-hydrogen) atoms. The Morgan fingerprint density at radius 2 is 1.79 bits per heavy atom. The molecule has 0 bridgehead atoms. The molecule has 2 amide bonds. The molecule has 0 radical (unpaired) electrons. The van der Waals surface area contributed by atoms with E-state index in [1.807, 2.05) is 24.3 Å². The van der Waals surface area contributed by atoms with Crippen molar-refractivity contribution in [1.29, 1.82) is 0 Å². The van der Waals surface area contributed by atoms with E-state index in [9.17, 15) is 9.59 Å². The van der Waals surface area contributed by atoms with Gasteiger partial charge in [-0.05, 0) is 35.9 Å². The van der Waals surface area contributed by atoms with Gasteiger partial charge in [-0.3, -0.25) is 20.4 Å². The summed E-state index contributed by atoms with van der Waals surface area (Å²) in [5.41, 5.74) is 5.38. The normalized spacial score (nSPS) is 10.4. The maximum atomic E-state index is 11.6. The van der Waals surface area contributed by atoms with Crippen molar-refractivity contribution in [2.24, 2.45) is 0 Å². The lowest BCUT2D eigenvalue weighted by molar-refractivity contribution is -0.128. The number of rotatable bonds is 5. The van der Waals surface area contributed by atoms with Crippen molar-refractivity contribution in [2.45, 2.75) is 0 Å². The van der Waals surface area contributed by atoms with Crippen molar-refractivity contribution in [2.75, 3.05) is 6.61 Å². The second-order valence-electron chi connectivity index (χ2n) is 4.64. The number of hydrogen-bond donors (Lipinski definition) is 2. The molecule has 7 heteroatoms. The smallest absolute Gasteiger partial charge is 0.276 e. The van der Waals surface area contributed by atoms with Gasteiger partial charge in [-0.2, -0.15) is 0 Å². The Labute approximate surface area is 152 Å². The second-order valence-corrected chi connectivity index (χ2v) is 5.96. The van der Waals surface area contributed by atoms with E-state index in [1.54, 1.807) is 30.3 Å². The number of para-hydroxylation sites is 1. The van der Waals surface area contributed by atoms with Crippen molar-refractivity contribution >= 4 is 45.4 Å². The van der Waals surface area contributed by atoms with E-state index in [0.717, 1.165) is 10.0 Å². The highest BCUT2D eigenvalue weighted by atomic mass is 79.9. The second kappa shape index (κ2) is 9.10. The fourth-order valence-electron chi connectivity index (χ4n) is 1.66. The lowest BCUT2D eigenvalue weighted by Gasteiger charge is -2.08. The van der Waals surface area contributed by atoms with Gasteiger partial charge in [0.05, 0.1) is 5.02 Å². The molecule has 0 aromatic heterocycles. The fourth-order valence-corrected chi connectivity index (χ4v) is 2.11. The van der Waals surface area contributed by atoms with Crippen LogP contribution in [-0.4, -0.2) is 18.4 Å². The molecular weight excluding hydrogens is 396 g/mol. The van der Waals surface area contributed by atoms with Crippen LogP contribution in [-0.2, 0) is 9.59 Å². The van der Waals surface area contributed by atoms with Gasteiger partial charge in [0.25, 0.3) is 11.8 Å². The van der Waals surface area contributed by atoms with Crippen molar-refractivity contribution in [3.8, 4) is 5.75 Å². The number of benzene rings is 2. The largest absolute Gasteiger partial charge is 0.482 e. The van der Waals surface area contributed by atoms with Gasteiger partial charge < -0.3 is 4.74 Å². The Bertz CT molecular complexity index is 748. The topological polar surface area (TPSA) is 67.4 Å². The average molecular weight is 410 g/mol. The van der Waals surface area contributed by atoms with Crippen LogP contribution in [0.1, 0.15) is 5.56 Å². The van der Waals surface area contributed by atoms with Crippen LogP contribution in [0.5, 0.6) is 5.75 Å².